The van der Waals surface area contributed by atoms with Crippen LogP contribution < -0.4 is 4.74 Å². The molecule has 1 aliphatic carbocycles. The minimum absolute atomic E-state index is 0. The highest BCUT2D eigenvalue weighted by Crippen LogP contribution is 2.35. The Hall–Kier alpha value is -0.740. The highest BCUT2D eigenvalue weighted by molar-refractivity contribution is 6.31. The lowest BCUT2D eigenvalue weighted by Gasteiger charge is -2.18. The number of hydrogen-bond donors (Lipinski definition) is 0. The standard InChI is InChI=1S/C18H23ClN2O.2ClH/c1-21(2)10-11-22-18-14-6-4-3-5-7-16(14)20-17-9-8-13(19)12-15(17)18;;/h8-9,12H,3-7,10-11H2,1-2H3;2*1H. The molecule has 0 spiro atoms. The van der Waals surface area contributed by atoms with Crippen LogP contribution in [0, 0.1) is 0 Å². The number of fused-ring (bicyclic) bond motifs is 2. The average molecular weight is 392 g/mol. The van der Waals surface area contributed by atoms with Gasteiger partial charge in [-0.1, -0.05) is 18.0 Å². The van der Waals surface area contributed by atoms with E-state index >= 15 is 0 Å². The Morgan fingerprint density at radius 3 is 2.62 bits per heavy atom. The molecule has 0 aliphatic heterocycles. The molecular weight excluding hydrogens is 367 g/mol. The van der Waals surface area contributed by atoms with Crippen LogP contribution in [0.15, 0.2) is 18.2 Å². The topological polar surface area (TPSA) is 25.4 Å². The van der Waals surface area contributed by atoms with Crippen molar-refractivity contribution in [1.82, 2.24) is 9.88 Å². The number of aryl methyl sites for hydroxylation is 1. The first-order chi connectivity index (χ1) is 10.6. The molecule has 0 radical (unpaired) electrons. The number of aromatic nitrogens is 1. The first kappa shape index (κ1) is 21.3. The van der Waals surface area contributed by atoms with E-state index in [0.717, 1.165) is 41.1 Å². The Kier molecular flexibility index (Phi) is 8.58. The fourth-order valence-electron chi connectivity index (χ4n) is 3.02. The predicted molar refractivity (Wildman–Crippen MR) is 107 cm³/mol. The largest absolute Gasteiger partial charge is 0.491 e. The van der Waals surface area contributed by atoms with Crippen molar-refractivity contribution in [2.45, 2.75) is 32.1 Å². The minimum atomic E-state index is 0. The van der Waals surface area contributed by atoms with Gasteiger partial charge in [0.05, 0.1) is 5.52 Å². The molecule has 0 fully saturated rings. The van der Waals surface area contributed by atoms with Gasteiger partial charge in [0.15, 0.2) is 0 Å². The highest BCUT2D eigenvalue weighted by atomic mass is 35.5. The van der Waals surface area contributed by atoms with Gasteiger partial charge in [-0.3, -0.25) is 4.98 Å². The van der Waals surface area contributed by atoms with E-state index < -0.39 is 0 Å². The van der Waals surface area contributed by atoms with Crippen molar-refractivity contribution in [3.8, 4) is 5.75 Å². The van der Waals surface area contributed by atoms with E-state index in [9.17, 15) is 0 Å². The Morgan fingerprint density at radius 1 is 1.12 bits per heavy atom. The quantitative estimate of drug-likeness (QED) is 0.690. The molecule has 0 unspecified atom stereocenters. The van der Waals surface area contributed by atoms with Crippen LogP contribution in [0.1, 0.15) is 30.5 Å². The van der Waals surface area contributed by atoms with Crippen molar-refractivity contribution in [3.05, 3.63) is 34.5 Å². The number of ether oxygens (including phenoxy) is 1. The van der Waals surface area contributed by atoms with Crippen molar-refractivity contribution >= 4 is 47.3 Å². The van der Waals surface area contributed by atoms with Crippen molar-refractivity contribution in [3.63, 3.8) is 0 Å². The van der Waals surface area contributed by atoms with Crippen molar-refractivity contribution in [2.75, 3.05) is 27.2 Å². The Labute approximate surface area is 161 Å². The summed E-state index contributed by atoms with van der Waals surface area (Å²) in [7, 11) is 4.12. The molecule has 134 valence electrons. The second-order valence-electron chi connectivity index (χ2n) is 6.24. The molecule has 3 rings (SSSR count). The summed E-state index contributed by atoms with van der Waals surface area (Å²) < 4.78 is 6.20. The van der Waals surface area contributed by atoms with Gasteiger partial charge in [0.25, 0.3) is 0 Å². The van der Waals surface area contributed by atoms with E-state index in [-0.39, 0.29) is 24.8 Å². The molecule has 0 atom stereocenters. The molecule has 24 heavy (non-hydrogen) atoms. The number of benzene rings is 1. The van der Waals surface area contributed by atoms with Crippen LogP contribution in [0.4, 0.5) is 0 Å². The number of rotatable bonds is 4. The number of nitrogens with zero attached hydrogens (tertiary/aromatic N) is 2. The van der Waals surface area contributed by atoms with E-state index in [0.29, 0.717) is 6.61 Å². The maximum absolute atomic E-state index is 6.20. The van der Waals surface area contributed by atoms with Gasteiger partial charge >= 0.3 is 0 Å². The van der Waals surface area contributed by atoms with E-state index in [2.05, 4.69) is 19.0 Å². The molecule has 1 aliphatic rings. The van der Waals surface area contributed by atoms with Crippen molar-refractivity contribution in [1.29, 1.82) is 0 Å². The van der Waals surface area contributed by atoms with Crippen LogP contribution in [-0.2, 0) is 12.8 Å². The third kappa shape index (κ3) is 4.89. The molecule has 1 aromatic carbocycles. The second-order valence-corrected chi connectivity index (χ2v) is 6.68. The van der Waals surface area contributed by atoms with Gasteiger partial charge in [-0.15, -0.1) is 24.8 Å². The van der Waals surface area contributed by atoms with Gasteiger partial charge in [0.1, 0.15) is 12.4 Å². The highest BCUT2D eigenvalue weighted by Gasteiger charge is 2.18. The summed E-state index contributed by atoms with van der Waals surface area (Å²) in [4.78, 5) is 7.01. The molecule has 0 bridgehead atoms. The van der Waals surface area contributed by atoms with Crippen LogP contribution in [0.5, 0.6) is 5.75 Å². The maximum atomic E-state index is 6.20. The third-order valence-electron chi connectivity index (χ3n) is 4.21. The minimum Gasteiger partial charge on any atom is -0.491 e. The molecule has 6 heteroatoms. The fraction of sp³-hybridized carbons (Fsp3) is 0.500. The smallest absolute Gasteiger partial charge is 0.133 e. The van der Waals surface area contributed by atoms with Crippen LogP contribution >= 0.6 is 36.4 Å². The monoisotopic (exact) mass is 390 g/mol. The first-order valence-corrected chi connectivity index (χ1v) is 8.41. The maximum Gasteiger partial charge on any atom is 0.133 e. The summed E-state index contributed by atoms with van der Waals surface area (Å²) in [5.74, 6) is 1.01. The first-order valence-electron chi connectivity index (χ1n) is 8.03. The summed E-state index contributed by atoms with van der Waals surface area (Å²) in [5, 5.41) is 1.78. The Bertz CT molecular complexity index is 677. The lowest BCUT2D eigenvalue weighted by atomic mass is 10.0. The third-order valence-corrected chi connectivity index (χ3v) is 4.44. The molecule has 0 amide bonds. The molecule has 2 aromatic rings. The molecule has 0 N–H and O–H groups in total. The van der Waals surface area contributed by atoms with Gasteiger partial charge in [0, 0.05) is 28.2 Å². The molecule has 0 saturated heterocycles. The number of hydrogen-bond acceptors (Lipinski definition) is 3. The molecular formula is C18H25Cl3N2O. The van der Waals surface area contributed by atoms with Gasteiger partial charge in [-0.25, -0.2) is 0 Å². The average Bonchev–Trinajstić information content (AvgIpc) is 2.72. The van der Waals surface area contributed by atoms with E-state index in [1.807, 2.05) is 18.2 Å². The summed E-state index contributed by atoms with van der Waals surface area (Å²) in [6, 6.07) is 5.89. The summed E-state index contributed by atoms with van der Waals surface area (Å²) in [6.07, 6.45) is 5.81. The molecule has 1 aromatic heterocycles. The number of pyridine rings is 1. The van der Waals surface area contributed by atoms with E-state index in [1.54, 1.807) is 0 Å². The van der Waals surface area contributed by atoms with Crippen LogP contribution in [0.3, 0.4) is 0 Å². The normalized spacial score (nSPS) is 13.7. The zero-order chi connectivity index (χ0) is 15.5. The van der Waals surface area contributed by atoms with Crippen molar-refractivity contribution in [2.24, 2.45) is 0 Å². The number of halogens is 3. The van der Waals surface area contributed by atoms with Crippen LogP contribution in [0.2, 0.25) is 5.02 Å². The van der Waals surface area contributed by atoms with Gasteiger partial charge in [0.2, 0.25) is 0 Å². The zero-order valence-corrected chi connectivity index (χ0v) is 16.6. The lowest BCUT2D eigenvalue weighted by molar-refractivity contribution is 0.261. The summed E-state index contributed by atoms with van der Waals surface area (Å²) in [5.41, 5.74) is 3.50. The molecule has 1 heterocycles. The Morgan fingerprint density at radius 2 is 1.88 bits per heavy atom. The van der Waals surface area contributed by atoms with Crippen LogP contribution in [-0.4, -0.2) is 37.1 Å². The molecule has 3 nitrogen and oxygen atoms in total. The number of likely N-dealkylation sites (N-methyl/N-ethyl adjacent to an activating group) is 1. The zero-order valence-electron chi connectivity index (χ0n) is 14.2. The predicted octanol–water partition coefficient (Wildman–Crippen LogP) is 4.94. The molecule has 0 saturated carbocycles. The van der Waals surface area contributed by atoms with Crippen molar-refractivity contribution < 1.29 is 4.74 Å². The lowest BCUT2D eigenvalue weighted by Crippen LogP contribution is -2.20. The summed E-state index contributed by atoms with van der Waals surface area (Å²) in [6.45, 7) is 1.59. The second kappa shape index (κ2) is 9.67. The SMILES string of the molecule is CN(C)CCOc1c2c(nc3ccc(Cl)cc13)CCCCC2.Cl.Cl. The van der Waals surface area contributed by atoms with Gasteiger partial charge in [-0.05, 0) is 58.0 Å². The Balaban J connectivity index is 0.00000144. The van der Waals surface area contributed by atoms with Gasteiger partial charge in [-0.2, -0.15) is 0 Å². The fourth-order valence-corrected chi connectivity index (χ4v) is 3.20. The van der Waals surface area contributed by atoms with Gasteiger partial charge < -0.3 is 9.64 Å². The van der Waals surface area contributed by atoms with Crippen LogP contribution in [0.25, 0.3) is 10.9 Å². The summed E-state index contributed by atoms with van der Waals surface area (Å²) >= 11 is 6.20. The van der Waals surface area contributed by atoms with E-state index in [4.69, 9.17) is 21.3 Å². The van der Waals surface area contributed by atoms with E-state index in [1.165, 1.54) is 30.5 Å².